The van der Waals surface area contributed by atoms with Gasteiger partial charge >= 0.3 is 5.97 Å². The molecule has 1 fully saturated rings. The number of hydrogen-bond donors (Lipinski definition) is 1. The van der Waals surface area contributed by atoms with Crippen LogP contribution in [0.5, 0.6) is 0 Å². The Morgan fingerprint density at radius 1 is 1.60 bits per heavy atom. The molecule has 4 nitrogen and oxygen atoms in total. The highest BCUT2D eigenvalue weighted by Gasteiger charge is 2.30. The number of nitrogens with zero attached hydrogens (tertiary/aromatic N) is 2. The Morgan fingerprint density at radius 2 is 2.27 bits per heavy atom. The Bertz CT molecular complexity index is 243. The van der Waals surface area contributed by atoms with Gasteiger partial charge in [0.1, 0.15) is 0 Å². The average molecular weight is 212 g/mol. The summed E-state index contributed by atoms with van der Waals surface area (Å²) in [6.45, 7) is 8.49. The largest absolute Gasteiger partial charge is 0.481 e. The van der Waals surface area contributed by atoms with E-state index in [0.29, 0.717) is 6.04 Å². The predicted octanol–water partition coefficient (Wildman–Crippen LogP) is 0.652. The number of likely N-dealkylation sites (N-methyl/N-ethyl adjacent to an activating group) is 1. The number of carbonyl (C=O) groups is 1. The maximum Gasteiger partial charge on any atom is 0.304 e. The van der Waals surface area contributed by atoms with Crippen LogP contribution in [0.15, 0.2) is 12.7 Å². The molecule has 4 heteroatoms. The van der Waals surface area contributed by atoms with E-state index in [2.05, 4.69) is 23.3 Å². The molecule has 0 spiro atoms. The summed E-state index contributed by atoms with van der Waals surface area (Å²) in [5.74, 6) is -0.723. The third-order valence-corrected chi connectivity index (χ3v) is 3.06. The maximum absolute atomic E-state index is 10.7. The summed E-state index contributed by atoms with van der Waals surface area (Å²) in [6, 6.07) is 0.522. The van der Waals surface area contributed by atoms with Crippen molar-refractivity contribution in [2.75, 3.05) is 26.7 Å². The van der Waals surface area contributed by atoms with Crippen molar-refractivity contribution in [3.8, 4) is 0 Å². The van der Waals surface area contributed by atoms with Crippen LogP contribution < -0.4 is 0 Å². The molecule has 1 heterocycles. The third-order valence-electron chi connectivity index (χ3n) is 3.06. The van der Waals surface area contributed by atoms with Crippen molar-refractivity contribution >= 4 is 5.97 Å². The molecule has 1 aliphatic rings. The average Bonchev–Trinajstić information content (AvgIpc) is 2.13. The molecule has 1 saturated heterocycles. The minimum absolute atomic E-state index is 0.117. The van der Waals surface area contributed by atoms with Gasteiger partial charge in [-0.05, 0) is 14.0 Å². The zero-order valence-corrected chi connectivity index (χ0v) is 9.52. The summed E-state index contributed by atoms with van der Waals surface area (Å²) in [6.07, 6.45) is 2.09. The van der Waals surface area contributed by atoms with Gasteiger partial charge in [0.15, 0.2) is 0 Å². The van der Waals surface area contributed by atoms with E-state index in [9.17, 15) is 4.79 Å². The highest BCUT2D eigenvalue weighted by Crippen LogP contribution is 2.16. The molecule has 0 aromatic heterocycles. The fourth-order valence-corrected chi connectivity index (χ4v) is 2.11. The van der Waals surface area contributed by atoms with Gasteiger partial charge < -0.3 is 5.11 Å². The Hall–Kier alpha value is -0.870. The monoisotopic (exact) mass is 212 g/mol. The summed E-state index contributed by atoms with van der Waals surface area (Å²) in [5.41, 5.74) is 0. The second kappa shape index (κ2) is 5.28. The van der Waals surface area contributed by atoms with Crippen LogP contribution in [0, 0.1) is 0 Å². The number of hydrogen-bond acceptors (Lipinski definition) is 3. The number of aliphatic carboxylic acids is 1. The van der Waals surface area contributed by atoms with Crippen molar-refractivity contribution in [2.45, 2.75) is 25.4 Å². The second-order valence-electron chi connectivity index (χ2n) is 4.27. The zero-order chi connectivity index (χ0) is 11.4. The molecule has 0 aromatic carbocycles. The molecule has 0 amide bonds. The van der Waals surface area contributed by atoms with E-state index < -0.39 is 5.97 Å². The molecule has 1 N–H and O–H groups in total. The number of rotatable bonds is 4. The van der Waals surface area contributed by atoms with E-state index in [1.807, 2.05) is 13.1 Å². The lowest BCUT2D eigenvalue weighted by atomic mass is 10.1. The van der Waals surface area contributed by atoms with E-state index in [1.165, 1.54) is 0 Å². The van der Waals surface area contributed by atoms with Crippen LogP contribution >= 0.6 is 0 Å². The first-order valence-electron chi connectivity index (χ1n) is 5.31. The minimum Gasteiger partial charge on any atom is -0.481 e. The van der Waals surface area contributed by atoms with Crippen molar-refractivity contribution in [2.24, 2.45) is 0 Å². The van der Waals surface area contributed by atoms with Crippen LogP contribution in [0.4, 0.5) is 0 Å². The van der Waals surface area contributed by atoms with Gasteiger partial charge in [-0.15, -0.1) is 6.58 Å². The second-order valence-corrected chi connectivity index (χ2v) is 4.27. The molecule has 86 valence electrons. The molecule has 15 heavy (non-hydrogen) atoms. The molecular weight excluding hydrogens is 192 g/mol. The lowest BCUT2D eigenvalue weighted by Crippen LogP contribution is -2.56. The number of carboxylic acids is 1. The first-order valence-corrected chi connectivity index (χ1v) is 5.31. The van der Waals surface area contributed by atoms with Crippen LogP contribution in [0.25, 0.3) is 0 Å². The molecule has 0 saturated carbocycles. The van der Waals surface area contributed by atoms with Crippen LogP contribution in [0.1, 0.15) is 13.3 Å². The van der Waals surface area contributed by atoms with E-state index in [-0.39, 0.29) is 12.5 Å². The molecule has 2 unspecified atom stereocenters. The molecular formula is C11H20N2O2. The summed E-state index contributed by atoms with van der Waals surface area (Å²) >= 11 is 0. The molecule has 0 radical (unpaired) electrons. The predicted molar refractivity (Wildman–Crippen MR) is 59.9 cm³/mol. The Balaban J connectivity index is 2.59. The van der Waals surface area contributed by atoms with Gasteiger partial charge in [0, 0.05) is 31.7 Å². The quantitative estimate of drug-likeness (QED) is 0.695. The lowest BCUT2D eigenvalue weighted by Gasteiger charge is -2.43. The standard InChI is InChI=1S/C11H20N2O2/c1-4-5-13-7-9(2)12(3)10(8-13)6-11(14)15/h4,9-10H,1,5-8H2,2-3H3,(H,14,15). The molecule has 1 rings (SSSR count). The van der Waals surface area contributed by atoms with E-state index in [1.54, 1.807) is 0 Å². The number of piperazine rings is 1. The number of carboxylic acid groups (broad SMARTS) is 1. The Morgan fingerprint density at radius 3 is 2.80 bits per heavy atom. The van der Waals surface area contributed by atoms with Gasteiger partial charge in [-0.25, -0.2) is 0 Å². The molecule has 2 atom stereocenters. The molecule has 0 aromatic rings. The van der Waals surface area contributed by atoms with Gasteiger partial charge in [-0.3, -0.25) is 14.6 Å². The van der Waals surface area contributed by atoms with E-state index >= 15 is 0 Å². The molecule has 1 aliphatic heterocycles. The van der Waals surface area contributed by atoms with Crippen LogP contribution in [0.2, 0.25) is 0 Å². The lowest BCUT2D eigenvalue weighted by molar-refractivity contribution is -0.139. The normalized spacial score (nSPS) is 28.9. The summed E-state index contributed by atoms with van der Waals surface area (Å²) in [4.78, 5) is 15.1. The van der Waals surface area contributed by atoms with Crippen LogP contribution in [-0.2, 0) is 4.79 Å². The van der Waals surface area contributed by atoms with Gasteiger partial charge in [-0.2, -0.15) is 0 Å². The van der Waals surface area contributed by atoms with Crippen molar-refractivity contribution in [1.82, 2.24) is 9.80 Å². The van der Waals surface area contributed by atoms with Gasteiger partial charge in [0.05, 0.1) is 6.42 Å². The molecule has 0 aliphatic carbocycles. The summed E-state index contributed by atoms with van der Waals surface area (Å²) in [7, 11) is 2.00. The van der Waals surface area contributed by atoms with Gasteiger partial charge in [0.25, 0.3) is 0 Å². The van der Waals surface area contributed by atoms with Crippen molar-refractivity contribution < 1.29 is 9.90 Å². The SMILES string of the molecule is C=CCN1CC(C)N(C)C(CC(=O)O)C1. The van der Waals surface area contributed by atoms with Crippen molar-refractivity contribution in [1.29, 1.82) is 0 Å². The Kier molecular flexibility index (Phi) is 4.29. The smallest absolute Gasteiger partial charge is 0.304 e. The van der Waals surface area contributed by atoms with E-state index in [0.717, 1.165) is 19.6 Å². The highest BCUT2D eigenvalue weighted by atomic mass is 16.4. The van der Waals surface area contributed by atoms with Gasteiger partial charge in [-0.1, -0.05) is 6.08 Å². The zero-order valence-electron chi connectivity index (χ0n) is 9.52. The van der Waals surface area contributed by atoms with Gasteiger partial charge in [0.2, 0.25) is 0 Å². The summed E-state index contributed by atoms with van der Waals surface area (Å²) in [5, 5.41) is 8.82. The van der Waals surface area contributed by atoms with E-state index in [4.69, 9.17) is 5.11 Å². The topological polar surface area (TPSA) is 43.8 Å². The van der Waals surface area contributed by atoms with Crippen LogP contribution in [-0.4, -0.2) is 59.6 Å². The summed E-state index contributed by atoms with van der Waals surface area (Å²) < 4.78 is 0. The van der Waals surface area contributed by atoms with Crippen molar-refractivity contribution in [3.63, 3.8) is 0 Å². The maximum atomic E-state index is 10.7. The fraction of sp³-hybridized carbons (Fsp3) is 0.727. The molecule has 0 bridgehead atoms. The third kappa shape index (κ3) is 3.32. The highest BCUT2D eigenvalue weighted by molar-refractivity contribution is 5.67. The minimum atomic E-state index is -0.723. The Labute approximate surface area is 91.2 Å². The first-order chi connectivity index (χ1) is 7.04. The first kappa shape index (κ1) is 12.2. The van der Waals surface area contributed by atoms with Crippen LogP contribution in [0.3, 0.4) is 0 Å². The van der Waals surface area contributed by atoms with Crippen molar-refractivity contribution in [3.05, 3.63) is 12.7 Å². The fourth-order valence-electron chi connectivity index (χ4n) is 2.11.